The first-order valence-electron chi connectivity index (χ1n) is 6.68. The standard InChI is InChI=1S/C14H21N3O5/c1-6-16(2)14(19)10-7-8-11(13(15-10)20-4)22-9-12(18)17(3)21-5/h7-8H,6,9H2,1-5H3. The quantitative estimate of drug-likeness (QED) is 0.685. The van der Waals surface area contributed by atoms with Crippen LogP contribution in [0.1, 0.15) is 17.4 Å². The van der Waals surface area contributed by atoms with Crippen molar-refractivity contribution in [1.29, 1.82) is 0 Å². The first kappa shape index (κ1) is 17.7. The van der Waals surface area contributed by atoms with Gasteiger partial charge in [0.15, 0.2) is 12.4 Å². The van der Waals surface area contributed by atoms with Crippen LogP contribution in [0.5, 0.6) is 11.6 Å². The lowest BCUT2D eigenvalue weighted by Gasteiger charge is -2.16. The Morgan fingerprint density at radius 2 is 1.91 bits per heavy atom. The van der Waals surface area contributed by atoms with Gasteiger partial charge in [-0.3, -0.25) is 14.4 Å². The summed E-state index contributed by atoms with van der Waals surface area (Å²) >= 11 is 0. The Morgan fingerprint density at radius 3 is 2.45 bits per heavy atom. The van der Waals surface area contributed by atoms with Crippen LogP contribution in [0.2, 0.25) is 0 Å². The summed E-state index contributed by atoms with van der Waals surface area (Å²) in [4.78, 5) is 34.0. The first-order chi connectivity index (χ1) is 10.4. The Hall–Kier alpha value is -2.35. The van der Waals surface area contributed by atoms with Crippen molar-refractivity contribution >= 4 is 11.8 Å². The number of carbonyl (C=O) groups excluding carboxylic acids is 2. The normalized spacial score (nSPS) is 10.0. The van der Waals surface area contributed by atoms with Crippen molar-refractivity contribution in [3.8, 4) is 11.6 Å². The van der Waals surface area contributed by atoms with E-state index in [2.05, 4.69) is 4.98 Å². The minimum absolute atomic E-state index is 0.142. The van der Waals surface area contributed by atoms with Crippen LogP contribution < -0.4 is 9.47 Å². The van der Waals surface area contributed by atoms with E-state index >= 15 is 0 Å². The Labute approximate surface area is 129 Å². The van der Waals surface area contributed by atoms with Crippen LogP contribution in [0.4, 0.5) is 0 Å². The van der Waals surface area contributed by atoms with Crippen LogP contribution in [0.15, 0.2) is 12.1 Å². The highest BCUT2D eigenvalue weighted by Gasteiger charge is 2.17. The average molecular weight is 311 g/mol. The van der Waals surface area contributed by atoms with Gasteiger partial charge in [0.25, 0.3) is 17.7 Å². The second-order valence-electron chi connectivity index (χ2n) is 4.39. The van der Waals surface area contributed by atoms with Crippen molar-refractivity contribution in [2.45, 2.75) is 6.92 Å². The number of hydrogen-bond donors (Lipinski definition) is 0. The number of hydroxylamine groups is 2. The lowest BCUT2D eigenvalue weighted by Crippen LogP contribution is -2.30. The molecule has 0 unspecified atom stereocenters. The predicted molar refractivity (Wildman–Crippen MR) is 78.7 cm³/mol. The van der Waals surface area contributed by atoms with E-state index < -0.39 is 0 Å². The minimum atomic E-state index is -0.365. The highest BCUT2D eigenvalue weighted by atomic mass is 16.7. The molecule has 8 heteroatoms. The molecule has 0 aliphatic heterocycles. The fourth-order valence-corrected chi connectivity index (χ4v) is 1.47. The maximum atomic E-state index is 12.0. The van der Waals surface area contributed by atoms with Crippen LogP contribution >= 0.6 is 0 Å². The lowest BCUT2D eigenvalue weighted by atomic mass is 10.3. The number of amides is 2. The number of carbonyl (C=O) groups is 2. The molecule has 0 saturated carbocycles. The molecule has 0 N–H and O–H groups in total. The minimum Gasteiger partial charge on any atom is -0.478 e. The van der Waals surface area contributed by atoms with Crippen molar-refractivity contribution in [2.75, 3.05) is 41.5 Å². The lowest BCUT2D eigenvalue weighted by molar-refractivity contribution is -0.170. The van der Waals surface area contributed by atoms with E-state index in [1.807, 2.05) is 6.92 Å². The first-order valence-corrected chi connectivity index (χ1v) is 6.68. The highest BCUT2D eigenvalue weighted by molar-refractivity contribution is 5.92. The van der Waals surface area contributed by atoms with E-state index in [1.54, 1.807) is 13.1 Å². The van der Waals surface area contributed by atoms with Crippen molar-refractivity contribution in [3.05, 3.63) is 17.8 Å². The summed E-state index contributed by atoms with van der Waals surface area (Å²) in [6.45, 7) is 2.20. The molecule has 1 aromatic rings. The van der Waals surface area contributed by atoms with Crippen molar-refractivity contribution in [3.63, 3.8) is 0 Å². The molecule has 0 aromatic carbocycles. The van der Waals surface area contributed by atoms with E-state index in [-0.39, 0.29) is 35.7 Å². The van der Waals surface area contributed by atoms with Crippen molar-refractivity contribution in [1.82, 2.24) is 14.9 Å². The van der Waals surface area contributed by atoms with Gasteiger partial charge in [-0.05, 0) is 19.1 Å². The summed E-state index contributed by atoms with van der Waals surface area (Å²) in [5.41, 5.74) is 0.244. The summed E-state index contributed by atoms with van der Waals surface area (Å²) in [6, 6.07) is 3.07. The Morgan fingerprint density at radius 1 is 1.23 bits per heavy atom. The van der Waals surface area contributed by atoms with Crippen LogP contribution in [0, 0.1) is 0 Å². The van der Waals surface area contributed by atoms with Gasteiger partial charge >= 0.3 is 0 Å². The third-order valence-corrected chi connectivity index (χ3v) is 3.04. The maximum absolute atomic E-state index is 12.0. The predicted octanol–water partition coefficient (Wildman–Crippen LogP) is 0.581. The van der Waals surface area contributed by atoms with Gasteiger partial charge in [-0.15, -0.1) is 0 Å². The Bertz CT molecular complexity index is 535. The monoisotopic (exact) mass is 311 g/mol. The van der Waals surface area contributed by atoms with Gasteiger partial charge in [-0.25, -0.2) is 10.0 Å². The molecular weight excluding hydrogens is 290 g/mol. The third kappa shape index (κ3) is 4.32. The molecule has 0 aliphatic rings. The summed E-state index contributed by atoms with van der Waals surface area (Å²) in [5.74, 6) is -0.169. The van der Waals surface area contributed by atoms with Gasteiger partial charge in [0.05, 0.1) is 14.2 Å². The van der Waals surface area contributed by atoms with E-state index in [4.69, 9.17) is 14.3 Å². The SMILES string of the molecule is CCN(C)C(=O)c1ccc(OCC(=O)N(C)OC)c(OC)n1. The average Bonchev–Trinajstić information content (AvgIpc) is 2.57. The second-order valence-corrected chi connectivity index (χ2v) is 4.39. The van der Waals surface area contributed by atoms with Gasteiger partial charge in [0, 0.05) is 20.6 Å². The van der Waals surface area contributed by atoms with Gasteiger partial charge in [0.2, 0.25) is 0 Å². The molecule has 0 aliphatic carbocycles. The zero-order valence-electron chi connectivity index (χ0n) is 13.5. The third-order valence-electron chi connectivity index (χ3n) is 3.04. The van der Waals surface area contributed by atoms with Gasteiger partial charge in [-0.1, -0.05) is 0 Å². The highest BCUT2D eigenvalue weighted by Crippen LogP contribution is 2.25. The van der Waals surface area contributed by atoms with Crippen LogP contribution in [-0.4, -0.2) is 68.2 Å². The molecular formula is C14H21N3O5. The summed E-state index contributed by atoms with van der Waals surface area (Å²) in [5, 5.41) is 1.05. The Balaban J connectivity index is 2.85. The van der Waals surface area contributed by atoms with E-state index in [9.17, 15) is 9.59 Å². The summed E-state index contributed by atoms with van der Waals surface area (Å²) in [7, 11) is 5.95. The fourth-order valence-electron chi connectivity index (χ4n) is 1.47. The fraction of sp³-hybridized carbons (Fsp3) is 0.500. The number of hydrogen-bond acceptors (Lipinski definition) is 6. The van der Waals surface area contributed by atoms with Crippen LogP contribution in [0.3, 0.4) is 0 Å². The van der Waals surface area contributed by atoms with E-state index in [0.717, 1.165) is 5.06 Å². The number of pyridine rings is 1. The molecule has 0 bridgehead atoms. The summed E-state index contributed by atoms with van der Waals surface area (Å²) < 4.78 is 10.5. The molecule has 1 aromatic heterocycles. The molecule has 2 amide bonds. The summed E-state index contributed by atoms with van der Waals surface area (Å²) in [6.07, 6.45) is 0. The topological polar surface area (TPSA) is 81.2 Å². The van der Waals surface area contributed by atoms with Gasteiger partial charge < -0.3 is 14.4 Å². The molecule has 0 spiro atoms. The molecule has 0 fully saturated rings. The number of rotatable bonds is 7. The molecule has 1 rings (SSSR count). The van der Waals surface area contributed by atoms with Crippen LogP contribution in [-0.2, 0) is 9.63 Å². The number of methoxy groups -OCH3 is 1. The zero-order valence-corrected chi connectivity index (χ0v) is 13.5. The largest absolute Gasteiger partial charge is 0.478 e. The number of aromatic nitrogens is 1. The molecule has 0 atom stereocenters. The molecule has 0 saturated heterocycles. The number of nitrogens with zero attached hydrogens (tertiary/aromatic N) is 3. The molecule has 1 heterocycles. The Kier molecular flexibility index (Phi) is 6.58. The van der Waals surface area contributed by atoms with Crippen molar-refractivity contribution in [2.24, 2.45) is 0 Å². The number of likely N-dealkylation sites (N-methyl/N-ethyl adjacent to an activating group) is 1. The second kappa shape index (κ2) is 8.18. The van der Waals surface area contributed by atoms with Gasteiger partial charge in [-0.2, -0.15) is 0 Å². The smallest absolute Gasteiger partial charge is 0.283 e. The molecule has 8 nitrogen and oxygen atoms in total. The number of ether oxygens (including phenoxy) is 2. The molecule has 0 radical (unpaired) electrons. The maximum Gasteiger partial charge on any atom is 0.283 e. The van der Waals surface area contributed by atoms with Crippen molar-refractivity contribution < 1.29 is 23.9 Å². The molecule has 122 valence electrons. The van der Waals surface area contributed by atoms with Gasteiger partial charge in [0.1, 0.15) is 5.69 Å². The van der Waals surface area contributed by atoms with E-state index in [1.165, 1.54) is 32.2 Å². The van der Waals surface area contributed by atoms with Crippen LogP contribution in [0.25, 0.3) is 0 Å². The molecule has 22 heavy (non-hydrogen) atoms. The van der Waals surface area contributed by atoms with E-state index in [0.29, 0.717) is 6.54 Å². The zero-order chi connectivity index (χ0) is 16.7.